The Labute approximate surface area is 496 Å². The van der Waals surface area contributed by atoms with Crippen molar-refractivity contribution in [3.63, 3.8) is 0 Å². The maximum atomic E-state index is 15.2. The van der Waals surface area contributed by atoms with E-state index < -0.39 is 5.91 Å². The molecule has 4 aromatic carbocycles. The summed E-state index contributed by atoms with van der Waals surface area (Å²) >= 11 is 0. The van der Waals surface area contributed by atoms with Crippen LogP contribution in [-0.4, -0.2) is 151 Å². The molecule has 19 nitrogen and oxygen atoms in total. The number of nitrogens with zero attached hydrogens (tertiary/aromatic N) is 11. The molecule has 2 aliphatic carbocycles. The van der Waals surface area contributed by atoms with Gasteiger partial charge in [0.1, 0.15) is 29.3 Å². The van der Waals surface area contributed by atoms with Gasteiger partial charge in [0.2, 0.25) is 0 Å². The molecular formula is C64H76F2N16O3. The van der Waals surface area contributed by atoms with Crippen LogP contribution in [0.15, 0.2) is 97.3 Å². The first-order chi connectivity index (χ1) is 41.1. The highest BCUT2D eigenvalue weighted by Gasteiger charge is 2.32. The molecule has 0 bridgehead atoms. The highest BCUT2D eigenvalue weighted by Crippen LogP contribution is 2.41. The molecule has 6 heterocycles. The van der Waals surface area contributed by atoms with Gasteiger partial charge < -0.3 is 56.4 Å². The molecule has 6 aromatic rings. The van der Waals surface area contributed by atoms with E-state index in [1.165, 1.54) is 55.1 Å². The summed E-state index contributed by atoms with van der Waals surface area (Å²) in [6.07, 6.45) is 11.4. The van der Waals surface area contributed by atoms with E-state index in [0.717, 1.165) is 78.0 Å². The molecule has 444 valence electrons. The molecule has 12 rings (SSSR count). The lowest BCUT2D eigenvalue weighted by Crippen LogP contribution is -2.51. The fourth-order valence-corrected chi connectivity index (χ4v) is 11.8. The molecule has 4 aliphatic heterocycles. The van der Waals surface area contributed by atoms with Crippen molar-refractivity contribution in [1.82, 2.24) is 40.4 Å². The van der Waals surface area contributed by atoms with Gasteiger partial charge in [0.05, 0.1) is 23.8 Å². The summed E-state index contributed by atoms with van der Waals surface area (Å²) in [5.74, 6) is 1.29. The standard InChI is InChI=1S/C32H39FN8O2.C32H37FN8O/c1-20-3-10-25(37-32(43)23-8-6-22(7-9-23)21-4-5-21)19-41(20)28-18-35-29(30(34)42)31(38-28)36-24-11-12-27(26(33)17-24)40-15-13-39(2)14-16-40;1-21-3-10-26(37-32(42)24-8-6-23(7-9-24)22-4-5-22)20-41(21)30-19-35-28(18-34)31(38-30)36-25-11-12-29(27(33)17-25)40-15-13-39(2)14-16-40/h6-9,11-12,17-18,20-21,25H,3-5,10,13-16,19H2,1-2H3,(H2,34,42)(H,36,38)(H,37,43);6-9,11-12,17,19,21-22,26H,3-5,10,13-16,20H2,1-2H3,(H,36,38)(H,37,42)/t20-,25+;/m1./s1. The van der Waals surface area contributed by atoms with Gasteiger partial charge in [0, 0.05) is 112 Å². The van der Waals surface area contributed by atoms with Crippen molar-refractivity contribution in [2.75, 3.05) is 110 Å². The first-order valence-corrected chi connectivity index (χ1v) is 29.9. The lowest BCUT2D eigenvalue weighted by atomic mass is 9.99. The summed E-state index contributed by atoms with van der Waals surface area (Å²) in [4.78, 5) is 69.1. The number of likely N-dealkylation sites (N-methyl/N-ethyl adjacent to an activating group) is 2. The van der Waals surface area contributed by atoms with Gasteiger partial charge in [-0.05, 0) is 163 Å². The van der Waals surface area contributed by atoms with Crippen LogP contribution in [0.25, 0.3) is 0 Å². The molecule has 85 heavy (non-hydrogen) atoms. The number of amides is 3. The molecule has 6 aliphatic rings. The molecule has 3 amide bonds. The Morgan fingerprint density at radius 1 is 0.565 bits per heavy atom. The van der Waals surface area contributed by atoms with Gasteiger partial charge in [0.15, 0.2) is 23.0 Å². The van der Waals surface area contributed by atoms with E-state index in [4.69, 9.17) is 15.7 Å². The molecule has 2 saturated carbocycles. The van der Waals surface area contributed by atoms with Gasteiger partial charge in [0.25, 0.3) is 17.7 Å². The number of nitrogens with one attached hydrogen (secondary N) is 4. The number of benzene rings is 4. The number of hydrogen-bond acceptors (Lipinski definition) is 16. The molecular weight excluding hydrogens is 1080 g/mol. The predicted octanol–water partition coefficient (Wildman–Crippen LogP) is 8.52. The van der Waals surface area contributed by atoms with Gasteiger partial charge in [-0.3, -0.25) is 14.4 Å². The minimum absolute atomic E-state index is 0.0311. The monoisotopic (exact) mass is 1150 g/mol. The van der Waals surface area contributed by atoms with Gasteiger partial charge >= 0.3 is 0 Å². The highest BCUT2D eigenvalue weighted by molar-refractivity contribution is 5.97. The first-order valence-electron chi connectivity index (χ1n) is 29.9. The number of anilines is 8. The Kier molecular flexibility index (Phi) is 17.7. The van der Waals surface area contributed by atoms with Gasteiger partial charge in [-0.2, -0.15) is 5.26 Å². The molecule has 2 aromatic heterocycles. The number of carbonyl (C=O) groups excluding carboxylic acids is 3. The van der Waals surface area contributed by atoms with Crippen LogP contribution in [0.4, 0.5) is 54.8 Å². The van der Waals surface area contributed by atoms with Crippen molar-refractivity contribution >= 4 is 63.7 Å². The van der Waals surface area contributed by atoms with Gasteiger partial charge in [-0.1, -0.05) is 24.3 Å². The van der Waals surface area contributed by atoms with Crippen molar-refractivity contribution in [1.29, 1.82) is 5.26 Å². The summed E-state index contributed by atoms with van der Waals surface area (Å²) in [7, 11) is 4.12. The SMILES string of the molecule is CC1CCC(NC(=O)c2ccc(C3CC3)cc2)CN1c1cnc(C#N)c(Nc2ccc(N3CCN(C)CC3)c(F)c2)n1.C[C@@H]1CC[C@H](NC(=O)c2ccc(C3CC3)cc2)CN1c1cnc(C(N)=O)c(Nc2ccc(N3CCN(C)CC3)c(F)c2)n1. The van der Waals surface area contributed by atoms with E-state index in [9.17, 15) is 19.6 Å². The van der Waals surface area contributed by atoms with Crippen LogP contribution < -0.4 is 46.6 Å². The summed E-state index contributed by atoms with van der Waals surface area (Å²) in [6, 6.07) is 28.0. The fraction of sp³-hybridized carbons (Fsp3) is 0.438. The minimum Gasteiger partial charge on any atom is -0.367 e. The summed E-state index contributed by atoms with van der Waals surface area (Å²) in [6.45, 7) is 11.9. The third kappa shape index (κ3) is 14.2. The van der Waals surface area contributed by atoms with Crippen molar-refractivity contribution in [3.8, 4) is 6.07 Å². The number of piperazine rings is 2. The van der Waals surface area contributed by atoms with Crippen LogP contribution in [0.5, 0.6) is 0 Å². The van der Waals surface area contributed by atoms with Gasteiger partial charge in [-0.25, -0.2) is 28.7 Å². The zero-order valence-electron chi connectivity index (χ0n) is 48.9. The van der Waals surface area contributed by atoms with Crippen molar-refractivity contribution < 1.29 is 23.2 Å². The van der Waals surface area contributed by atoms with E-state index in [0.29, 0.717) is 70.4 Å². The van der Waals surface area contributed by atoms with E-state index >= 15 is 8.78 Å². The Bertz CT molecular complexity index is 3410. The van der Waals surface area contributed by atoms with Crippen LogP contribution >= 0.6 is 0 Å². The Hall–Kier alpha value is -8.48. The Morgan fingerprint density at radius 2 is 0.988 bits per heavy atom. The molecule has 4 atom stereocenters. The smallest absolute Gasteiger partial charge is 0.271 e. The van der Waals surface area contributed by atoms with Crippen LogP contribution in [0.2, 0.25) is 0 Å². The summed E-state index contributed by atoms with van der Waals surface area (Å²) in [5, 5.41) is 22.3. The Morgan fingerprint density at radius 3 is 1.40 bits per heavy atom. The largest absolute Gasteiger partial charge is 0.367 e. The Balaban J connectivity index is 0.000000177. The predicted molar refractivity (Wildman–Crippen MR) is 328 cm³/mol. The number of hydrogen-bond donors (Lipinski definition) is 5. The summed E-state index contributed by atoms with van der Waals surface area (Å²) in [5.41, 5.74) is 11.7. The molecule has 6 fully saturated rings. The quantitative estimate of drug-likeness (QED) is 0.0651. The number of aromatic nitrogens is 4. The van der Waals surface area contributed by atoms with E-state index in [1.807, 2.05) is 29.2 Å². The highest BCUT2D eigenvalue weighted by atomic mass is 19.1. The third-order valence-corrected chi connectivity index (χ3v) is 17.4. The molecule has 2 unspecified atom stereocenters. The number of halogens is 2. The van der Waals surface area contributed by atoms with Gasteiger partial charge in [-0.15, -0.1) is 0 Å². The molecule has 0 radical (unpaired) electrons. The van der Waals surface area contributed by atoms with Crippen molar-refractivity contribution in [2.24, 2.45) is 5.73 Å². The second-order valence-electron chi connectivity index (χ2n) is 23.8. The average molecular weight is 1160 g/mol. The molecule has 21 heteroatoms. The van der Waals surface area contributed by atoms with Crippen molar-refractivity contribution in [2.45, 2.75) is 101 Å². The lowest BCUT2D eigenvalue weighted by molar-refractivity contribution is 0.0922. The third-order valence-electron chi connectivity index (χ3n) is 17.4. The van der Waals surface area contributed by atoms with Crippen LogP contribution in [0.3, 0.4) is 0 Å². The van der Waals surface area contributed by atoms with E-state index in [1.54, 1.807) is 30.5 Å². The zero-order chi connectivity index (χ0) is 59.3. The van der Waals surface area contributed by atoms with E-state index in [2.05, 4.69) is 114 Å². The van der Waals surface area contributed by atoms with E-state index in [-0.39, 0.29) is 70.6 Å². The fourth-order valence-electron chi connectivity index (χ4n) is 11.8. The average Bonchev–Trinajstić information content (AvgIpc) is 4.47. The topological polar surface area (TPSA) is 220 Å². The number of nitrogens with two attached hydrogens (primary N) is 1. The lowest BCUT2D eigenvalue weighted by Gasteiger charge is -2.39. The van der Waals surface area contributed by atoms with Crippen LogP contribution in [-0.2, 0) is 0 Å². The second kappa shape index (κ2) is 25.8. The van der Waals surface area contributed by atoms with Crippen LogP contribution in [0, 0.1) is 23.0 Å². The second-order valence-corrected chi connectivity index (χ2v) is 23.8. The first kappa shape index (κ1) is 58.3. The molecule has 6 N–H and O–H groups in total. The maximum absolute atomic E-state index is 15.2. The van der Waals surface area contributed by atoms with Crippen molar-refractivity contribution in [3.05, 3.63) is 143 Å². The zero-order valence-corrected chi connectivity index (χ0v) is 48.9. The number of nitriles is 1. The number of carbonyl (C=O) groups is 3. The summed E-state index contributed by atoms with van der Waals surface area (Å²) < 4.78 is 30.3. The normalized spacial score (nSPS) is 21.0. The minimum atomic E-state index is -0.736. The number of rotatable bonds is 15. The number of piperidine rings is 2. The molecule has 0 spiro atoms. The maximum Gasteiger partial charge on any atom is 0.271 e. The molecule has 4 saturated heterocycles. The van der Waals surface area contributed by atoms with Crippen LogP contribution in [0.1, 0.15) is 125 Å². The number of primary amides is 1.